The van der Waals surface area contributed by atoms with E-state index in [4.69, 9.17) is 0 Å². The van der Waals surface area contributed by atoms with Crippen LogP contribution in [0.3, 0.4) is 0 Å². The topological polar surface area (TPSA) is 29.9 Å². The minimum atomic E-state index is -0.137. The molecule has 2 aromatic rings. The lowest BCUT2D eigenvalue weighted by Crippen LogP contribution is -2.09. The normalized spacial score (nSPS) is 10.7. The Morgan fingerprint density at radius 1 is 1.32 bits per heavy atom. The fraction of sp³-hybridized carbons (Fsp3) is 0.400. The molecule has 0 bridgehead atoms. The van der Waals surface area contributed by atoms with Crippen molar-refractivity contribution in [3.8, 4) is 0 Å². The van der Waals surface area contributed by atoms with Gasteiger partial charge in [0.25, 0.3) is 0 Å². The van der Waals surface area contributed by atoms with Crippen LogP contribution in [0.4, 0.5) is 10.3 Å². The summed E-state index contributed by atoms with van der Waals surface area (Å²) in [5.41, 5.74) is 1.72. The Balaban J connectivity index is 2.05. The molecule has 0 fully saturated rings. The van der Waals surface area contributed by atoms with Crippen molar-refractivity contribution in [1.82, 2.24) is 9.55 Å². The van der Waals surface area contributed by atoms with Crippen molar-refractivity contribution >= 4 is 5.95 Å². The largest absolute Gasteiger partial charge is 0.356 e. The van der Waals surface area contributed by atoms with Gasteiger partial charge in [0.1, 0.15) is 5.82 Å². The first kappa shape index (κ1) is 13.6. The Morgan fingerprint density at radius 3 is 2.84 bits per heavy atom. The predicted octanol–water partition coefficient (Wildman–Crippen LogP) is 3.40. The summed E-state index contributed by atoms with van der Waals surface area (Å²) in [4.78, 5) is 4.44. The van der Waals surface area contributed by atoms with E-state index in [-0.39, 0.29) is 5.82 Å². The molecule has 0 amide bonds. The van der Waals surface area contributed by atoms with Crippen LogP contribution in [0, 0.1) is 12.7 Å². The van der Waals surface area contributed by atoms with Gasteiger partial charge in [-0.3, -0.25) is 0 Å². The van der Waals surface area contributed by atoms with Crippen molar-refractivity contribution in [2.24, 2.45) is 0 Å². The first-order chi connectivity index (χ1) is 9.20. The molecule has 1 N–H and O–H groups in total. The maximum absolute atomic E-state index is 13.6. The summed E-state index contributed by atoms with van der Waals surface area (Å²) in [5, 5.41) is 3.29. The van der Waals surface area contributed by atoms with Gasteiger partial charge in [0.05, 0.1) is 5.69 Å². The molecule has 0 saturated heterocycles. The van der Waals surface area contributed by atoms with E-state index < -0.39 is 0 Å². The van der Waals surface area contributed by atoms with Gasteiger partial charge >= 0.3 is 0 Å². The van der Waals surface area contributed by atoms with Gasteiger partial charge in [0.15, 0.2) is 0 Å². The van der Waals surface area contributed by atoms with E-state index in [9.17, 15) is 4.39 Å². The van der Waals surface area contributed by atoms with Gasteiger partial charge in [-0.25, -0.2) is 9.37 Å². The van der Waals surface area contributed by atoms with Crippen LogP contribution in [0.25, 0.3) is 0 Å². The summed E-state index contributed by atoms with van der Waals surface area (Å²) >= 11 is 0. The maximum Gasteiger partial charge on any atom is 0.203 e. The van der Waals surface area contributed by atoms with Crippen LogP contribution in [0.5, 0.6) is 0 Å². The minimum absolute atomic E-state index is 0.137. The lowest BCUT2D eigenvalue weighted by atomic mass is 10.1. The standard InChI is InChI=1S/C15H20FN3/c1-3-9-17-15-18-12(2)11-19(15)10-8-13-6-4-5-7-14(13)16/h4-7,11H,3,8-10H2,1-2H3,(H,17,18). The zero-order valence-corrected chi connectivity index (χ0v) is 11.5. The number of nitrogens with zero attached hydrogens (tertiary/aromatic N) is 2. The van der Waals surface area contributed by atoms with Gasteiger partial charge in [0.2, 0.25) is 5.95 Å². The first-order valence-electron chi connectivity index (χ1n) is 6.71. The van der Waals surface area contributed by atoms with Crippen molar-refractivity contribution in [2.75, 3.05) is 11.9 Å². The highest BCUT2D eigenvalue weighted by molar-refractivity contribution is 5.29. The number of imidazole rings is 1. The number of rotatable bonds is 6. The third-order valence-corrected chi connectivity index (χ3v) is 3.01. The predicted molar refractivity (Wildman–Crippen MR) is 75.8 cm³/mol. The van der Waals surface area contributed by atoms with E-state index in [1.165, 1.54) is 6.07 Å². The molecular weight excluding hydrogens is 241 g/mol. The Hall–Kier alpha value is -1.84. The van der Waals surface area contributed by atoms with Gasteiger partial charge in [-0.2, -0.15) is 0 Å². The molecule has 0 unspecified atom stereocenters. The summed E-state index contributed by atoms with van der Waals surface area (Å²) in [6.07, 6.45) is 3.72. The summed E-state index contributed by atoms with van der Waals surface area (Å²) < 4.78 is 15.6. The van der Waals surface area contributed by atoms with E-state index >= 15 is 0 Å². The number of halogens is 1. The highest BCUT2D eigenvalue weighted by atomic mass is 19.1. The van der Waals surface area contributed by atoms with Gasteiger partial charge in [0, 0.05) is 19.3 Å². The van der Waals surface area contributed by atoms with Crippen LogP contribution in [-0.2, 0) is 13.0 Å². The van der Waals surface area contributed by atoms with Crippen molar-refractivity contribution in [2.45, 2.75) is 33.2 Å². The average molecular weight is 261 g/mol. The van der Waals surface area contributed by atoms with Crippen molar-refractivity contribution in [1.29, 1.82) is 0 Å². The Morgan fingerprint density at radius 2 is 2.11 bits per heavy atom. The number of anilines is 1. The summed E-state index contributed by atoms with van der Waals surface area (Å²) in [6.45, 7) is 5.72. The van der Waals surface area contributed by atoms with Crippen molar-refractivity contribution < 1.29 is 4.39 Å². The van der Waals surface area contributed by atoms with Gasteiger partial charge in [-0.15, -0.1) is 0 Å². The molecular formula is C15H20FN3. The summed E-state index contributed by atoms with van der Waals surface area (Å²) in [5.74, 6) is 0.734. The number of benzene rings is 1. The smallest absolute Gasteiger partial charge is 0.203 e. The molecule has 0 aliphatic carbocycles. The zero-order chi connectivity index (χ0) is 13.7. The second kappa shape index (κ2) is 6.36. The average Bonchev–Trinajstić information content (AvgIpc) is 2.76. The molecule has 4 heteroatoms. The van der Waals surface area contributed by atoms with Crippen LogP contribution >= 0.6 is 0 Å². The van der Waals surface area contributed by atoms with E-state index in [0.717, 1.165) is 36.7 Å². The van der Waals surface area contributed by atoms with Crippen LogP contribution < -0.4 is 5.32 Å². The number of hydrogen-bond donors (Lipinski definition) is 1. The lowest BCUT2D eigenvalue weighted by Gasteiger charge is -2.09. The molecule has 0 aliphatic rings. The molecule has 1 heterocycles. The van der Waals surface area contributed by atoms with E-state index in [1.54, 1.807) is 6.07 Å². The fourth-order valence-corrected chi connectivity index (χ4v) is 2.04. The second-order valence-corrected chi connectivity index (χ2v) is 4.67. The van der Waals surface area contributed by atoms with Crippen LogP contribution in [0.15, 0.2) is 30.5 Å². The minimum Gasteiger partial charge on any atom is -0.356 e. The molecule has 1 aromatic heterocycles. The molecule has 3 nitrogen and oxygen atoms in total. The van der Waals surface area contributed by atoms with Crippen LogP contribution in [0.2, 0.25) is 0 Å². The number of hydrogen-bond acceptors (Lipinski definition) is 2. The lowest BCUT2D eigenvalue weighted by molar-refractivity contribution is 0.594. The molecule has 102 valence electrons. The number of aromatic nitrogens is 2. The van der Waals surface area contributed by atoms with E-state index in [0.29, 0.717) is 6.42 Å². The summed E-state index contributed by atoms with van der Waals surface area (Å²) in [6, 6.07) is 6.92. The van der Waals surface area contributed by atoms with Crippen molar-refractivity contribution in [3.63, 3.8) is 0 Å². The maximum atomic E-state index is 13.6. The highest BCUT2D eigenvalue weighted by Gasteiger charge is 2.06. The fourth-order valence-electron chi connectivity index (χ4n) is 2.04. The Kier molecular flexibility index (Phi) is 4.55. The van der Waals surface area contributed by atoms with E-state index in [2.05, 4.69) is 21.8 Å². The molecule has 0 radical (unpaired) electrons. The molecule has 0 atom stereocenters. The van der Waals surface area contributed by atoms with Crippen LogP contribution in [-0.4, -0.2) is 16.1 Å². The SMILES string of the molecule is CCCNc1nc(C)cn1CCc1ccccc1F. The monoisotopic (exact) mass is 261 g/mol. The molecule has 19 heavy (non-hydrogen) atoms. The van der Waals surface area contributed by atoms with Crippen LogP contribution in [0.1, 0.15) is 24.6 Å². The third-order valence-electron chi connectivity index (χ3n) is 3.01. The third kappa shape index (κ3) is 3.56. The van der Waals surface area contributed by atoms with Gasteiger partial charge in [-0.05, 0) is 31.4 Å². The molecule has 1 aromatic carbocycles. The molecule has 2 rings (SSSR count). The first-order valence-corrected chi connectivity index (χ1v) is 6.71. The number of aryl methyl sites for hydroxylation is 3. The van der Waals surface area contributed by atoms with Gasteiger partial charge in [-0.1, -0.05) is 25.1 Å². The molecule has 0 aliphatic heterocycles. The van der Waals surface area contributed by atoms with Crippen molar-refractivity contribution in [3.05, 3.63) is 47.5 Å². The number of nitrogens with one attached hydrogen (secondary N) is 1. The molecule has 0 saturated carbocycles. The molecule has 0 spiro atoms. The Bertz CT molecular complexity index is 534. The van der Waals surface area contributed by atoms with Gasteiger partial charge < -0.3 is 9.88 Å². The quantitative estimate of drug-likeness (QED) is 0.863. The zero-order valence-electron chi connectivity index (χ0n) is 11.5. The second-order valence-electron chi connectivity index (χ2n) is 4.67. The Labute approximate surface area is 113 Å². The van der Waals surface area contributed by atoms with E-state index in [1.807, 2.05) is 25.3 Å². The highest BCUT2D eigenvalue weighted by Crippen LogP contribution is 2.12. The summed E-state index contributed by atoms with van der Waals surface area (Å²) in [7, 11) is 0.